The summed E-state index contributed by atoms with van der Waals surface area (Å²) < 4.78 is 37.3. The van der Waals surface area contributed by atoms with Gasteiger partial charge in [0.15, 0.2) is 0 Å². The van der Waals surface area contributed by atoms with E-state index in [9.17, 15) is 22.8 Å². The molecule has 0 atom stereocenters. The Labute approximate surface area is 157 Å². The molecule has 0 saturated carbocycles. The van der Waals surface area contributed by atoms with E-state index in [0.717, 1.165) is 17.8 Å². The molecule has 0 aliphatic heterocycles. The van der Waals surface area contributed by atoms with Crippen LogP contribution < -0.4 is 10.6 Å². The van der Waals surface area contributed by atoms with Gasteiger partial charge in [-0.1, -0.05) is 23.7 Å². The zero-order chi connectivity index (χ0) is 19.9. The summed E-state index contributed by atoms with van der Waals surface area (Å²) in [7, 11) is 0. The van der Waals surface area contributed by atoms with Crippen molar-refractivity contribution in [1.29, 1.82) is 0 Å². The monoisotopic (exact) mass is 393 g/mol. The molecule has 0 fully saturated rings. The fourth-order valence-electron chi connectivity index (χ4n) is 1.89. The average molecular weight is 393 g/mol. The molecule has 27 heavy (non-hydrogen) atoms. The Morgan fingerprint density at radius 1 is 1.19 bits per heavy atom. The summed E-state index contributed by atoms with van der Waals surface area (Å²) in [6.45, 7) is -0.250. The molecule has 0 saturated heterocycles. The fourth-order valence-corrected chi connectivity index (χ4v) is 2.57. The SMILES string of the molecule is C#Cc1cccc(NC(=O)CNC(=O)CSc2ccc(C(F)(F)F)cn2)c1. The molecule has 2 amide bonds. The standard InChI is InChI=1S/C18H14F3N3O2S/c1-2-12-4-3-5-14(8-12)24-15(25)10-22-16(26)11-27-17-7-6-13(9-23-17)18(19,20)21/h1,3-9H,10-11H2,(H,22,26)(H,24,25). The van der Waals surface area contributed by atoms with Gasteiger partial charge in [0.25, 0.3) is 0 Å². The lowest BCUT2D eigenvalue weighted by Crippen LogP contribution is -2.33. The summed E-state index contributed by atoms with van der Waals surface area (Å²) in [5.41, 5.74) is 0.257. The fraction of sp³-hybridized carbons (Fsp3) is 0.167. The summed E-state index contributed by atoms with van der Waals surface area (Å²) >= 11 is 0.964. The van der Waals surface area contributed by atoms with E-state index in [-0.39, 0.29) is 17.3 Å². The van der Waals surface area contributed by atoms with Crippen molar-refractivity contribution in [2.45, 2.75) is 11.2 Å². The van der Waals surface area contributed by atoms with Crippen LogP contribution in [0.4, 0.5) is 18.9 Å². The minimum Gasteiger partial charge on any atom is -0.346 e. The Hall–Kier alpha value is -2.99. The average Bonchev–Trinajstić information content (AvgIpc) is 2.64. The third kappa shape index (κ3) is 6.67. The molecule has 0 radical (unpaired) electrons. The first-order valence-electron chi connectivity index (χ1n) is 7.57. The number of hydrogen-bond acceptors (Lipinski definition) is 4. The number of nitrogens with zero attached hydrogens (tertiary/aromatic N) is 1. The van der Waals surface area contributed by atoms with Crippen LogP contribution in [0.25, 0.3) is 0 Å². The van der Waals surface area contributed by atoms with Gasteiger partial charge in [-0.3, -0.25) is 9.59 Å². The highest BCUT2D eigenvalue weighted by molar-refractivity contribution is 7.99. The molecule has 1 aromatic carbocycles. The number of nitrogens with one attached hydrogen (secondary N) is 2. The topological polar surface area (TPSA) is 71.1 Å². The van der Waals surface area contributed by atoms with Crippen molar-refractivity contribution < 1.29 is 22.8 Å². The highest BCUT2D eigenvalue weighted by atomic mass is 32.2. The van der Waals surface area contributed by atoms with Gasteiger partial charge in [-0.2, -0.15) is 13.2 Å². The second kappa shape index (κ2) is 9.09. The van der Waals surface area contributed by atoms with E-state index in [1.165, 1.54) is 6.07 Å². The predicted molar refractivity (Wildman–Crippen MR) is 96.0 cm³/mol. The van der Waals surface area contributed by atoms with Crippen LogP contribution in [0.3, 0.4) is 0 Å². The van der Waals surface area contributed by atoms with Gasteiger partial charge in [0.2, 0.25) is 11.8 Å². The van der Waals surface area contributed by atoms with E-state index in [2.05, 4.69) is 21.5 Å². The van der Waals surface area contributed by atoms with E-state index < -0.39 is 23.6 Å². The van der Waals surface area contributed by atoms with Crippen molar-refractivity contribution in [3.8, 4) is 12.3 Å². The van der Waals surface area contributed by atoms with Crippen molar-refractivity contribution in [2.24, 2.45) is 0 Å². The second-order valence-electron chi connectivity index (χ2n) is 5.22. The number of hydrogen-bond donors (Lipinski definition) is 2. The van der Waals surface area contributed by atoms with Crippen LogP contribution in [0.2, 0.25) is 0 Å². The van der Waals surface area contributed by atoms with Gasteiger partial charge in [-0.15, -0.1) is 6.42 Å². The minimum absolute atomic E-state index is 0.0851. The van der Waals surface area contributed by atoms with E-state index in [1.54, 1.807) is 24.3 Å². The molecule has 1 heterocycles. The molecule has 2 rings (SSSR count). The number of anilines is 1. The number of halogens is 3. The number of amides is 2. The molecule has 140 valence electrons. The molecule has 2 N–H and O–H groups in total. The first kappa shape index (κ1) is 20.3. The lowest BCUT2D eigenvalue weighted by molar-refractivity contribution is -0.137. The van der Waals surface area contributed by atoms with Crippen LogP contribution in [0.1, 0.15) is 11.1 Å². The zero-order valence-electron chi connectivity index (χ0n) is 13.8. The molecule has 0 aliphatic carbocycles. The summed E-state index contributed by atoms with van der Waals surface area (Å²) in [5, 5.41) is 5.28. The highest BCUT2D eigenvalue weighted by Crippen LogP contribution is 2.29. The largest absolute Gasteiger partial charge is 0.417 e. The van der Waals surface area contributed by atoms with Crippen LogP contribution in [0, 0.1) is 12.3 Å². The van der Waals surface area contributed by atoms with Gasteiger partial charge in [0.05, 0.1) is 22.9 Å². The van der Waals surface area contributed by atoms with Gasteiger partial charge < -0.3 is 10.6 Å². The number of pyridine rings is 1. The summed E-state index contributed by atoms with van der Waals surface area (Å²) in [5.74, 6) is 1.47. The summed E-state index contributed by atoms with van der Waals surface area (Å²) in [6, 6.07) is 8.76. The number of alkyl halides is 3. The van der Waals surface area contributed by atoms with Crippen LogP contribution in [-0.4, -0.2) is 29.1 Å². The zero-order valence-corrected chi connectivity index (χ0v) is 14.7. The Bertz CT molecular complexity index is 861. The van der Waals surface area contributed by atoms with E-state index in [4.69, 9.17) is 6.42 Å². The van der Waals surface area contributed by atoms with Gasteiger partial charge in [-0.05, 0) is 30.3 Å². The Kier molecular flexibility index (Phi) is 6.85. The highest BCUT2D eigenvalue weighted by Gasteiger charge is 2.30. The van der Waals surface area contributed by atoms with Crippen molar-refractivity contribution in [2.75, 3.05) is 17.6 Å². The summed E-state index contributed by atoms with van der Waals surface area (Å²) in [6.07, 6.45) is 1.52. The van der Waals surface area contributed by atoms with Gasteiger partial charge in [0.1, 0.15) is 0 Å². The smallest absolute Gasteiger partial charge is 0.346 e. The molecular formula is C18H14F3N3O2S. The molecule has 0 unspecified atom stereocenters. The normalized spacial score (nSPS) is 10.7. The van der Waals surface area contributed by atoms with Crippen LogP contribution in [0.15, 0.2) is 47.6 Å². The third-order valence-electron chi connectivity index (χ3n) is 3.17. The molecular weight excluding hydrogens is 379 g/mol. The molecule has 0 spiro atoms. The summed E-state index contributed by atoms with van der Waals surface area (Å²) in [4.78, 5) is 27.2. The molecule has 9 heteroatoms. The molecule has 0 aliphatic rings. The Morgan fingerprint density at radius 3 is 2.59 bits per heavy atom. The minimum atomic E-state index is -4.46. The van der Waals surface area contributed by atoms with Crippen LogP contribution >= 0.6 is 11.8 Å². The Balaban J connectivity index is 1.75. The number of carbonyl (C=O) groups is 2. The number of terminal acetylenes is 1. The maximum absolute atomic E-state index is 12.4. The molecule has 2 aromatic rings. The van der Waals surface area contributed by atoms with E-state index >= 15 is 0 Å². The number of thioether (sulfide) groups is 1. The van der Waals surface area contributed by atoms with E-state index in [1.807, 2.05) is 0 Å². The first-order valence-corrected chi connectivity index (χ1v) is 8.56. The van der Waals surface area contributed by atoms with Gasteiger partial charge in [-0.25, -0.2) is 4.98 Å². The maximum atomic E-state index is 12.4. The van der Waals surface area contributed by atoms with Crippen molar-refractivity contribution in [1.82, 2.24) is 10.3 Å². The number of benzene rings is 1. The van der Waals surface area contributed by atoms with Crippen molar-refractivity contribution >= 4 is 29.3 Å². The van der Waals surface area contributed by atoms with Gasteiger partial charge >= 0.3 is 6.18 Å². The quantitative estimate of drug-likeness (QED) is 0.585. The Morgan fingerprint density at radius 2 is 1.96 bits per heavy atom. The second-order valence-corrected chi connectivity index (χ2v) is 6.22. The molecule has 1 aromatic heterocycles. The van der Waals surface area contributed by atoms with Crippen LogP contribution in [-0.2, 0) is 15.8 Å². The number of aromatic nitrogens is 1. The van der Waals surface area contributed by atoms with Crippen LogP contribution in [0.5, 0.6) is 0 Å². The first-order chi connectivity index (χ1) is 12.8. The maximum Gasteiger partial charge on any atom is 0.417 e. The van der Waals surface area contributed by atoms with Crippen molar-refractivity contribution in [3.05, 3.63) is 53.7 Å². The van der Waals surface area contributed by atoms with Gasteiger partial charge in [0, 0.05) is 17.4 Å². The lowest BCUT2D eigenvalue weighted by atomic mass is 10.2. The molecule has 0 bridgehead atoms. The molecule has 5 nitrogen and oxygen atoms in total. The number of rotatable bonds is 6. The van der Waals surface area contributed by atoms with E-state index in [0.29, 0.717) is 17.4 Å². The number of carbonyl (C=O) groups excluding carboxylic acids is 2. The lowest BCUT2D eigenvalue weighted by Gasteiger charge is -2.08. The third-order valence-corrected chi connectivity index (χ3v) is 4.12. The predicted octanol–water partition coefficient (Wildman–Crippen LogP) is 2.93. The van der Waals surface area contributed by atoms with Crippen molar-refractivity contribution in [3.63, 3.8) is 0 Å².